The van der Waals surface area contributed by atoms with E-state index in [4.69, 9.17) is 21.1 Å². The Morgan fingerprint density at radius 3 is 2.50 bits per heavy atom. The Bertz CT molecular complexity index is 1100. The van der Waals surface area contributed by atoms with Gasteiger partial charge in [-0.3, -0.25) is 24.1 Å². The van der Waals surface area contributed by atoms with E-state index in [-0.39, 0.29) is 10.7 Å². The molecule has 32 heavy (non-hydrogen) atoms. The van der Waals surface area contributed by atoms with Crippen molar-refractivity contribution >= 4 is 58.1 Å². The number of anilines is 1. The fraction of sp³-hybridized carbons (Fsp3) is 0.182. The molecule has 10 heteroatoms. The zero-order valence-electron chi connectivity index (χ0n) is 17.2. The summed E-state index contributed by atoms with van der Waals surface area (Å²) in [5.74, 6) is -0.994. The minimum Gasteiger partial charge on any atom is -0.490 e. The molecule has 0 atom stereocenters. The second-order valence-electron chi connectivity index (χ2n) is 6.56. The zero-order valence-corrected chi connectivity index (χ0v) is 18.8. The summed E-state index contributed by atoms with van der Waals surface area (Å²) in [6.45, 7) is 2.99. The van der Waals surface area contributed by atoms with Crippen molar-refractivity contribution in [2.24, 2.45) is 0 Å². The van der Waals surface area contributed by atoms with Crippen LogP contribution in [-0.4, -0.2) is 41.1 Å². The number of hydrogen-bond donors (Lipinski definition) is 1. The van der Waals surface area contributed by atoms with Gasteiger partial charge in [0, 0.05) is 17.6 Å². The van der Waals surface area contributed by atoms with Crippen molar-refractivity contribution in [1.82, 2.24) is 4.90 Å². The first kappa shape index (κ1) is 23.4. The standard InChI is InChI=1S/C22H19ClN2O6S/c1-3-30-18-10-14(4-9-17(18)31-13(2)26)11-19-21(28)25(22(29)32-19)12-20(27)24-16-7-5-15(23)6-8-16/h4-11H,3,12H2,1-2H3,(H,24,27)/b19-11+. The van der Waals surface area contributed by atoms with Crippen LogP contribution in [0.1, 0.15) is 19.4 Å². The maximum atomic E-state index is 12.7. The molecule has 0 saturated carbocycles. The average molecular weight is 475 g/mol. The number of amides is 3. The zero-order chi connectivity index (χ0) is 23.3. The molecule has 1 aliphatic heterocycles. The van der Waals surface area contributed by atoms with E-state index in [9.17, 15) is 19.2 Å². The number of hydrogen-bond acceptors (Lipinski definition) is 7. The largest absolute Gasteiger partial charge is 0.490 e. The average Bonchev–Trinajstić information content (AvgIpc) is 2.99. The number of carbonyl (C=O) groups excluding carboxylic acids is 4. The predicted octanol–water partition coefficient (Wildman–Crippen LogP) is 4.34. The third-order valence-corrected chi connectivity index (χ3v) is 5.28. The van der Waals surface area contributed by atoms with Gasteiger partial charge in [0.25, 0.3) is 11.1 Å². The molecule has 8 nitrogen and oxygen atoms in total. The maximum absolute atomic E-state index is 12.7. The number of esters is 1. The lowest BCUT2D eigenvalue weighted by Crippen LogP contribution is -2.36. The van der Waals surface area contributed by atoms with Gasteiger partial charge in [0.15, 0.2) is 11.5 Å². The molecular formula is C22H19ClN2O6S. The van der Waals surface area contributed by atoms with E-state index < -0.39 is 29.6 Å². The van der Waals surface area contributed by atoms with Gasteiger partial charge in [-0.1, -0.05) is 17.7 Å². The Labute approximate surface area is 193 Å². The van der Waals surface area contributed by atoms with Crippen LogP contribution in [-0.2, 0) is 14.4 Å². The molecule has 3 amide bonds. The summed E-state index contributed by atoms with van der Waals surface area (Å²) in [5, 5.41) is 2.59. The summed E-state index contributed by atoms with van der Waals surface area (Å²) in [6, 6.07) is 11.2. The van der Waals surface area contributed by atoms with Crippen LogP contribution in [0, 0.1) is 0 Å². The van der Waals surface area contributed by atoms with E-state index in [1.165, 1.54) is 13.0 Å². The quantitative estimate of drug-likeness (QED) is 0.362. The molecule has 1 saturated heterocycles. The number of ether oxygens (including phenoxy) is 2. The van der Waals surface area contributed by atoms with Crippen LogP contribution in [0.3, 0.4) is 0 Å². The second-order valence-corrected chi connectivity index (χ2v) is 7.99. The molecule has 0 aromatic heterocycles. The number of nitrogens with one attached hydrogen (secondary N) is 1. The van der Waals surface area contributed by atoms with Gasteiger partial charge in [-0.15, -0.1) is 0 Å². The lowest BCUT2D eigenvalue weighted by Gasteiger charge is -2.12. The summed E-state index contributed by atoms with van der Waals surface area (Å²) in [4.78, 5) is 49.6. The van der Waals surface area contributed by atoms with Gasteiger partial charge < -0.3 is 14.8 Å². The van der Waals surface area contributed by atoms with Crippen molar-refractivity contribution in [3.8, 4) is 11.5 Å². The van der Waals surface area contributed by atoms with Gasteiger partial charge in [0.05, 0.1) is 11.5 Å². The molecule has 0 radical (unpaired) electrons. The van der Waals surface area contributed by atoms with Crippen molar-refractivity contribution in [2.75, 3.05) is 18.5 Å². The molecule has 0 bridgehead atoms. The molecule has 0 aliphatic carbocycles. The fourth-order valence-electron chi connectivity index (χ4n) is 2.79. The van der Waals surface area contributed by atoms with Gasteiger partial charge in [-0.05, 0) is 66.7 Å². The minimum absolute atomic E-state index is 0.164. The monoisotopic (exact) mass is 474 g/mol. The van der Waals surface area contributed by atoms with E-state index in [0.717, 1.165) is 16.7 Å². The van der Waals surface area contributed by atoms with E-state index in [1.54, 1.807) is 49.4 Å². The van der Waals surface area contributed by atoms with E-state index in [0.29, 0.717) is 28.6 Å². The van der Waals surface area contributed by atoms with Crippen LogP contribution in [0.5, 0.6) is 11.5 Å². The fourth-order valence-corrected chi connectivity index (χ4v) is 3.75. The van der Waals surface area contributed by atoms with Crippen LogP contribution in [0.25, 0.3) is 6.08 Å². The van der Waals surface area contributed by atoms with Crippen LogP contribution >= 0.6 is 23.4 Å². The number of rotatable bonds is 7. The number of benzene rings is 2. The summed E-state index contributed by atoms with van der Waals surface area (Å²) in [6.07, 6.45) is 1.52. The van der Waals surface area contributed by atoms with Gasteiger partial charge in [0.1, 0.15) is 6.54 Å². The number of nitrogens with zero attached hydrogens (tertiary/aromatic N) is 1. The highest BCUT2D eigenvalue weighted by Crippen LogP contribution is 2.34. The van der Waals surface area contributed by atoms with Gasteiger partial charge in [0.2, 0.25) is 5.91 Å². The number of halogens is 1. The minimum atomic E-state index is -0.576. The van der Waals surface area contributed by atoms with Crippen LogP contribution < -0.4 is 14.8 Å². The van der Waals surface area contributed by atoms with Crippen molar-refractivity contribution in [3.63, 3.8) is 0 Å². The lowest BCUT2D eigenvalue weighted by molar-refractivity contribution is -0.132. The van der Waals surface area contributed by atoms with Crippen molar-refractivity contribution in [1.29, 1.82) is 0 Å². The first-order valence-corrected chi connectivity index (χ1v) is 10.7. The molecule has 166 valence electrons. The number of imide groups is 1. The normalized spacial score (nSPS) is 14.6. The molecule has 0 unspecified atom stereocenters. The Balaban J connectivity index is 1.73. The molecule has 1 aliphatic rings. The van der Waals surface area contributed by atoms with Crippen molar-refractivity contribution < 1.29 is 28.7 Å². The van der Waals surface area contributed by atoms with Gasteiger partial charge >= 0.3 is 5.97 Å². The molecule has 1 N–H and O–H groups in total. The SMILES string of the molecule is CCOc1cc(/C=C2/SC(=O)N(CC(=O)Nc3ccc(Cl)cc3)C2=O)ccc1OC(C)=O. The summed E-state index contributed by atoms with van der Waals surface area (Å²) >= 11 is 6.55. The third-order valence-electron chi connectivity index (χ3n) is 4.12. The van der Waals surface area contributed by atoms with E-state index >= 15 is 0 Å². The number of carbonyl (C=O) groups is 4. The van der Waals surface area contributed by atoms with Crippen molar-refractivity contribution in [2.45, 2.75) is 13.8 Å². The smallest absolute Gasteiger partial charge is 0.308 e. The van der Waals surface area contributed by atoms with Crippen molar-refractivity contribution in [3.05, 3.63) is 58.0 Å². The molecule has 1 fully saturated rings. The maximum Gasteiger partial charge on any atom is 0.308 e. The first-order valence-electron chi connectivity index (χ1n) is 9.53. The predicted molar refractivity (Wildman–Crippen MR) is 122 cm³/mol. The Kier molecular flexibility index (Phi) is 7.55. The highest BCUT2D eigenvalue weighted by Gasteiger charge is 2.36. The van der Waals surface area contributed by atoms with Gasteiger partial charge in [-0.25, -0.2) is 0 Å². The summed E-state index contributed by atoms with van der Waals surface area (Å²) in [5.41, 5.74) is 1.07. The van der Waals surface area contributed by atoms with Crippen LogP contribution in [0.15, 0.2) is 47.4 Å². The van der Waals surface area contributed by atoms with Gasteiger partial charge in [-0.2, -0.15) is 0 Å². The second kappa shape index (κ2) is 10.3. The summed E-state index contributed by atoms with van der Waals surface area (Å²) < 4.78 is 10.6. The molecular weight excluding hydrogens is 456 g/mol. The molecule has 3 rings (SSSR count). The van der Waals surface area contributed by atoms with E-state index in [2.05, 4.69) is 5.32 Å². The third kappa shape index (κ3) is 5.89. The first-order chi connectivity index (χ1) is 15.3. The molecule has 1 heterocycles. The number of thioether (sulfide) groups is 1. The lowest BCUT2D eigenvalue weighted by atomic mass is 10.2. The Hall–Kier alpha value is -3.30. The van der Waals surface area contributed by atoms with Crippen LogP contribution in [0.4, 0.5) is 10.5 Å². The van der Waals surface area contributed by atoms with Crippen LogP contribution in [0.2, 0.25) is 5.02 Å². The van der Waals surface area contributed by atoms with E-state index in [1.807, 2.05) is 0 Å². The Morgan fingerprint density at radius 2 is 1.84 bits per heavy atom. The highest BCUT2D eigenvalue weighted by atomic mass is 35.5. The summed E-state index contributed by atoms with van der Waals surface area (Å²) in [7, 11) is 0. The molecule has 0 spiro atoms. The molecule has 2 aromatic rings. The molecule has 2 aromatic carbocycles. The topological polar surface area (TPSA) is 102 Å². The Morgan fingerprint density at radius 1 is 1.12 bits per heavy atom. The highest BCUT2D eigenvalue weighted by molar-refractivity contribution is 8.18.